The highest BCUT2D eigenvalue weighted by Gasteiger charge is 2.25. The average Bonchev–Trinajstić information content (AvgIpc) is 2.73. The van der Waals surface area contributed by atoms with Gasteiger partial charge in [0.05, 0.1) is 11.1 Å². The summed E-state index contributed by atoms with van der Waals surface area (Å²) in [6, 6.07) is 17.4. The third kappa shape index (κ3) is 5.21. The van der Waals surface area contributed by atoms with Crippen molar-refractivity contribution in [1.29, 1.82) is 10.8 Å². The van der Waals surface area contributed by atoms with Gasteiger partial charge in [-0.15, -0.1) is 0 Å². The summed E-state index contributed by atoms with van der Waals surface area (Å²) in [5.74, 6) is -1.55. The Bertz CT molecular complexity index is 1270. The van der Waals surface area contributed by atoms with Gasteiger partial charge < -0.3 is 8.37 Å². The van der Waals surface area contributed by atoms with Crippen molar-refractivity contribution in [2.45, 2.75) is 23.6 Å². The molecule has 0 radical (unpaired) electrons. The predicted octanol–water partition coefficient (Wildman–Crippen LogP) is 3.77. The van der Waals surface area contributed by atoms with Gasteiger partial charge in [-0.3, -0.25) is 10.8 Å². The molecule has 0 amide bonds. The minimum absolute atomic E-state index is 0.118. The normalized spacial score (nSPS) is 11.6. The van der Waals surface area contributed by atoms with Crippen molar-refractivity contribution in [2.24, 2.45) is 0 Å². The lowest BCUT2D eigenvalue weighted by Gasteiger charge is -2.13. The Kier molecular flexibility index (Phi) is 6.47. The van der Waals surface area contributed by atoms with Crippen molar-refractivity contribution < 1.29 is 25.2 Å². The van der Waals surface area contributed by atoms with E-state index in [-0.39, 0.29) is 20.9 Å². The maximum Gasteiger partial charge on any atom is 0.340 e. The quantitative estimate of drug-likeness (QED) is 0.319. The predicted molar refractivity (Wildman–Crippen MR) is 119 cm³/mol. The van der Waals surface area contributed by atoms with Gasteiger partial charge in [0.15, 0.2) is 0 Å². The molecule has 0 bridgehead atoms. The summed E-state index contributed by atoms with van der Waals surface area (Å²) >= 11 is 0. The van der Waals surface area contributed by atoms with E-state index in [0.717, 1.165) is 11.1 Å². The molecule has 10 heteroatoms. The molecule has 32 heavy (non-hydrogen) atoms. The van der Waals surface area contributed by atoms with Crippen LogP contribution in [0, 0.1) is 24.7 Å². The summed E-state index contributed by atoms with van der Waals surface area (Å²) in [6.45, 7) is 3.59. The van der Waals surface area contributed by atoms with Crippen molar-refractivity contribution in [1.82, 2.24) is 0 Å². The van der Waals surface area contributed by atoms with Gasteiger partial charge in [0.25, 0.3) is 0 Å². The zero-order valence-electron chi connectivity index (χ0n) is 17.2. The van der Waals surface area contributed by atoms with Crippen LogP contribution < -0.4 is 0 Å². The van der Waals surface area contributed by atoms with Gasteiger partial charge in [0.2, 0.25) is 11.8 Å². The number of hydrogen-bond acceptors (Lipinski definition) is 8. The molecule has 0 spiro atoms. The summed E-state index contributed by atoms with van der Waals surface area (Å²) in [7, 11) is -8.61. The number of aryl methyl sites for hydroxylation is 2. The van der Waals surface area contributed by atoms with Crippen LogP contribution >= 0.6 is 0 Å². The van der Waals surface area contributed by atoms with Crippen LogP contribution in [0.3, 0.4) is 0 Å². The van der Waals surface area contributed by atoms with E-state index in [4.69, 9.17) is 19.2 Å². The van der Waals surface area contributed by atoms with Gasteiger partial charge in [-0.05, 0) is 50.2 Å². The Labute approximate surface area is 186 Å². The Balaban J connectivity index is 1.86. The van der Waals surface area contributed by atoms with E-state index in [1.807, 2.05) is 0 Å². The molecule has 3 aromatic rings. The fraction of sp³-hybridized carbons (Fsp3) is 0.0909. The smallest absolute Gasteiger partial charge is 0.340 e. The van der Waals surface area contributed by atoms with Crippen LogP contribution in [-0.4, -0.2) is 28.6 Å². The molecule has 8 nitrogen and oxygen atoms in total. The molecule has 0 saturated heterocycles. The van der Waals surface area contributed by atoms with Crippen molar-refractivity contribution in [3.8, 4) is 0 Å². The van der Waals surface area contributed by atoms with E-state index < -0.39 is 32.0 Å². The van der Waals surface area contributed by atoms with Gasteiger partial charge in [0, 0.05) is 0 Å². The standard InChI is InChI=1S/C22H20N2O6S2/c1-15-7-11-17(12-8-15)31(25,26)29-21(23)19-5-3-4-6-20(19)22(24)30-32(27,28)18-13-9-16(2)10-14-18/h3-14,23-24H,1-2H3. The van der Waals surface area contributed by atoms with E-state index in [9.17, 15) is 16.8 Å². The first kappa shape index (κ1) is 23.2. The number of nitrogens with one attached hydrogen (secondary N) is 2. The highest BCUT2D eigenvalue weighted by Crippen LogP contribution is 2.20. The third-order valence-electron chi connectivity index (χ3n) is 4.42. The summed E-state index contributed by atoms with van der Waals surface area (Å²) in [5, 5.41) is 16.3. The van der Waals surface area contributed by atoms with E-state index >= 15 is 0 Å². The lowest BCUT2D eigenvalue weighted by Crippen LogP contribution is -2.19. The number of benzene rings is 3. The molecule has 0 heterocycles. The molecule has 0 unspecified atom stereocenters. The minimum atomic E-state index is -4.30. The first-order valence-corrected chi connectivity index (χ1v) is 12.1. The molecule has 0 saturated carbocycles. The lowest BCUT2D eigenvalue weighted by molar-refractivity contribution is 0.475. The fourth-order valence-electron chi connectivity index (χ4n) is 2.69. The van der Waals surface area contributed by atoms with Crippen LogP contribution in [-0.2, 0) is 28.6 Å². The Hall–Kier alpha value is -3.50. The van der Waals surface area contributed by atoms with Crippen LogP contribution in [0.2, 0.25) is 0 Å². The van der Waals surface area contributed by atoms with Crippen LogP contribution in [0.1, 0.15) is 22.3 Å². The first-order valence-electron chi connectivity index (χ1n) is 9.29. The van der Waals surface area contributed by atoms with Crippen LogP contribution in [0.15, 0.2) is 82.6 Å². The van der Waals surface area contributed by atoms with Crippen LogP contribution in [0.5, 0.6) is 0 Å². The molecule has 0 aliphatic heterocycles. The summed E-state index contributed by atoms with van der Waals surface area (Å²) < 4.78 is 59.9. The second-order valence-corrected chi connectivity index (χ2v) is 10.00. The Morgan fingerprint density at radius 2 is 0.906 bits per heavy atom. The van der Waals surface area contributed by atoms with Gasteiger partial charge in [-0.1, -0.05) is 47.5 Å². The zero-order chi connectivity index (χ0) is 23.5. The van der Waals surface area contributed by atoms with E-state index in [0.29, 0.717) is 0 Å². The van der Waals surface area contributed by atoms with Gasteiger partial charge in [-0.2, -0.15) is 16.8 Å². The van der Waals surface area contributed by atoms with E-state index in [1.165, 1.54) is 48.5 Å². The summed E-state index contributed by atoms with van der Waals surface area (Å²) in [4.78, 5) is -0.280. The molecule has 166 valence electrons. The zero-order valence-corrected chi connectivity index (χ0v) is 18.8. The number of hydrogen-bond donors (Lipinski definition) is 2. The Morgan fingerprint density at radius 1 is 0.594 bits per heavy atom. The van der Waals surface area contributed by atoms with E-state index in [2.05, 4.69) is 0 Å². The molecular formula is C22H20N2O6S2. The largest absolute Gasteiger partial charge is 0.358 e. The maximum atomic E-state index is 12.5. The van der Waals surface area contributed by atoms with Gasteiger partial charge in [0.1, 0.15) is 9.79 Å². The molecule has 0 aliphatic rings. The topological polar surface area (TPSA) is 134 Å². The average molecular weight is 473 g/mol. The highest BCUT2D eigenvalue weighted by molar-refractivity contribution is 7.87. The molecule has 0 aliphatic carbocycles. The molecule has 2 N–H and O–H groups in total. The first-order chi connectivity index (χ1) is 15.0. The van der Waals surface area contributed by atoms with Crippen molar-refractivity contribution in [3.05, 3.63) is 95.1 Å². The van der Waals surface area contributed by atoms with Crippen molar-refractivity contribution in [2.75, 3.05) is 0 Å². The maximum absolute atomic E-state index is 12.5. The van der Waals surface area contributed by atoms with Crippen molar-refractivity contribution >= 4 is 32.0 Å². The second-order valence-electron chi connectivity index (χ2n) is 6.90. The lowest BCUT2D eigenvalue weighted by atomic mass is 10.1. The van der Waals surface area contributed by atoms with Gasteiger partial charge >= 0.3 is 20.2 Å². The molecule has 0 aromatic heterocycles. The van der Waals surface area contributed by atoms with Crippen LogP contribution in [0.25, 0.3) is 0 Å². The van der Waals surface area contributed by atoms with Gasteiger partial charge in [-0.25, -0.2) is 0 Å². The monoisotopic (exact) mass is 472 g/mol. The second kappa shape index (κ2) is 8.93. The number of rotatable bonds is 6. The van der Waals surface area contributed by atoms with Crippen molar-refractivity contribution in [3.63, 3.8) is 0 Å². The Morgan fingerprint density at radius 3 is 1.22 bits per heavy atom. The third-order valence-corrected chi connectivity index (χ3v) is 6.89. The molecule has 0 atom stereocenters. The fourth-order valence-corrected chi connectivity index (χ4v) is 4.44. The SMILES string of the molecule is Cc1ccc(S(=O)(=O)OC(=N)c2ccccc2C(=N)OS(=O)(=O)c2ccc(C)cc2)cc1. The molecule has 3 rings (SSSR count). The molecule has 3 aromatic carbocycles. The summed E-state index contributed by atoms with van der Waals surface area (Å²) in [6.07, 6.45) is 0. The highest BCUT2D eigenvalue weighted by atomic mass is 32.2. The van der Waals surface area contributed by atoms with E-state index in [1.54, 1.807) is 38.1 Å². The van der Waals surface area contributed by atoms with Crippen LogP contribution in [0.4, 0.5) is 0 Å². The minimum Gasteiger partial charge on any atom is -0.358 e. The molecular weight excluding hydrogens is 452 g/mol. The summed E-state index contributed by atoms with van der Waals surface area (Å²) in [5.41, 5.74) is 1.47. The molecule has 0 fully saturated rings.